The Hall–Kier alpha value is -2.97. The Bertz CT molecular complexity index is 1180. The van der Waals surface area contributed by atoms with Gasteiger partial charge in [0.15, 0.2) is 5.16 Å². The Morgan fingerprint density at radius 3 is 2.50 bits per heavy atom. The van der Waals surface area contributed by atoms with Crippen molar-refractivity contribution in [2.45, 2.75) is 16.6 Å². The van der Waals surface area contributed by atoms with Crippen LogP contribution >= 0.6 is 27.7 Å². The first-order valence-corrected chi connectivity index (χ1v) is 10.7. The van der Waals surface area contributed by atoms with Crippen molar-refractivity contribution in [1.82, 2.24) is 14.8 Å². The van der Waals surface area contributed by atoms with Gasteiger partial charge >= 0.3 is 0 Å². The lowest BCUT2D eigenvalue weighted by molar-refractivity contribution is 0.102. The van der Waals surface area contributed by atoms with Crippen LogP contribution in [0.15, 0.2) is 93.6 Å². The van der Waals surface area contributed by atoms with Crippen LogP contribution in [0.4, 0.5) is 10.1 Å². The highest BCUT2D eigenvalue weighted by Gasteiger charge is 2.16. The minimum absolute atomic E-state index is 0.00714. The van der Waals surface area contributed by atoms with Gasteiger partial charge in [-0.15, -0.1) is 5.10 Å². The van der Waals surface area contributed by atoms with Crippen LogP contribution in [-0.2, 0) is 6.54 Å². The van der Waals surface area contributed by atoms with E-state index in [0.717, 1.165) is 10.5 Å². The van der Waals surface area contributed by atoms with Gasteiger partial charge in [0.1, 0.15) is 5.82 Å². The Balaban J connectivity index is 1.58. The van der Waals surface area contributed by atoms with E-state index in [0.29, 0.717) is 22.1 Å². The van der Waals surface area contributed by atoms with Gasteiger partial charge in [0.2, 0.25) is 4.73 Å². The van der Waals surface area contributed by atoms with E-state index in [1.54, 1.807) is 22.9 Å². The zero-order valence-corrected chi connectivity index (χ0v) is 18.0. The van der Waals surface area contributed by atoms with Crippen LogP contribution in [0.5, 0.6) is 0 Å². The Morgan fingerprint density at radius 2 is 1.70 bits per heavy atom. The number of hydrogen-bond donors (Lipinski definition) is 1. The van der Waals surface area contributed by atoms with Crippen molar-refractivity contribution < 1.29 is 9.18 Å². The molecule has 4 rings (SSSR count). The summed E-state index contributed by atoms with van der Waals surface area (Å²) >= 11 is 4.71. The number of nitrogens with zero attached hydrogens (tertiary/aromatic N) is 3. The number of benzene rings is 3. The van der Waals surface area contributed by atoms with Crippen LogP contribution in [0, 0.1) is 5.82 Å². The molecule has 3 aromatic carbocycles. The Labute approximate surface area is 185 Å². The second-order valence-corrected chi connectivity index (χ2v) is 8.06. The molecule has 0 radical (unpaired) electrons. The minimum Gasteiger partial charge on any atom is -0.321 e. The largest absolute Gasteiger partial charge is 0.321 e. The Morgan fingerprint density at radius 1 is 1.00 bits per heavy atom. The third-order valence-electron chi connectivity index (χ3n) is 4.24. The van der Waals surface area contributed by atoms with Crippen molar-refractivity contribution in [1.29, 1.82) is 0 Å². The van der Waals surface area contributed by atoms with E-state index >= 15 is 0 Å². The van der Waals surface area contributed by atoms with Gasteiger partial charge in [0.05, 0.1) is 17.8 Å². The van der Waals surface area contributed by atoms with Gasteiger partial charge in [0.25, 0.3) is 5.91 Å². The standard InChI is InChI=1S/C22H16BrFN4OS/c23-21-26-22(28(27-21)14-15-8-2-1-3-9-15)30-19-13-7-6-12-18(19)25-20(29)16-10-4-5-11-17(16)24/h1-13H,14H2,(H,25,29). The maximum Gasteiger partial charge on any atom is 0.258 e. The molecule has 0 saturated carbocycles. The predicted octanol–water partition coefficient (Wildman–Crippen LogP) is 5.63. The summed E-state index contributed by atoms with van der Waals surface area (Å²) in [4.78, 5) is 17.8. The number of carbonyl (C=O) groups excluding carboxylic acids is 1. The average molecular weight is 483 g/mol. The van der Waals surface area contributed by atoms with Gasteiger partial charge in [-0.25, -0.2) is 9.07 Å². The summed E-state index contributed by atoms with van der Waals surface area (Å²) < 4.78 is 16.2. The fourth-order valence-corrected chi connectivity index (χ4v) is 4.22. The summed E-state index contributed by atoms with van der Waals surface area (Å²) in [6, 6.07) is 23.2. The van der Waals surface area contributed by atoms with Crippen LogP contribution in [0.3, 0.4) is 0 Å². The summed E-state index contributed by atoms with van der Waals surface area (Å²) in [5, 5.41) is 7.88. The van der Waals surface area contributed by atoms with E-state index in [-0.39, 0.29) is 5.56 Å². The number of nitrogens with one attached hydrogen (secondary N) is 1. The van der Waals surface area contributed by atoms with Crippen molar-refractivity contribution in [3.05, 3.63) is 101 Å². The maximum absolute atomic E-state index is 14.0. The number of halogens is 2. The SMILES string of the molecule is O=C(Nc1ccccc1Sc1nc(Br)nn1Cc1ccccc1)c1ccccc1F. The molecule has 0 aliphatic heterocycles. The maximum atomic E-state index is 14.0. The molecule has 0 aliphatic rings. The van der Waals surface area contributed by atoms with Crippen molar-refractivity contribution in [2.75, 3.05) is 5.32 Å². The molecule has 0 saturated heterocycles. The molecule has 0 aliphatic carbocycles. The van der Waals surface area contributed by atoms with Crippen molar-refractivity contribution in [3.63, 3.8) is 0 Å². The van der Waals surface area contributed by atoms with Gasteiger partial charge in [-0.1, -0.05) is 54.6 Å². The lowest BCUT2D eigenvalue weighted by Gasteiger charge is -2.11. The van der Waals surface area contributed by atoms with Gasteiger partial charge < -0.3 is 5.32 Å². The molecule has 150 valence electrons. The summed E-state index contributed by atoms with van der Waals surface area (Å²) in [5.41, 5.74) is 1.66. The van der Waals surface area contributed by atoms with Crippen LogP contribution in [-0.4, -0.2) is 20.7 Å². The summed E-state index contributed by atoms with van der Waals surface area (Å²) in [6.07, 6.45) is 0. The highest BCUT2D eigenvalue weighted by molar-refractivity contribution is 9.10. The number of amides is 1. The molecular formula is C22H16BrFN4OS. The molecular weight excluding hydrogens is 467 g/mol. The smallest absolute Gasteiger partial charge is 0.258 e. The molecule has 4 aromatic rings. The van der Waals surface area contributed by atoms with Gasteiger partial charge in [-0.2, -0.15) is 4.98 Å². The quantitative estimate of drug-likeness (QED) is 0.386. The third-order valence-corrected chi connectivity index (χ3v) is 5.64. The highest BCUT2D eigenvalue weighted by atomic mass is 79.9. The molecule has 1 N–H and O–H groups in total. The van der Waals surface area contributed by atoms with Crippen LogP contribution in [0.2, 0.25) is 0 Å². The van der Waals surface area contributed by atoms with E-state index in [2.05, 4.69) is 31.3 Å². The van der Waals surface area contributed by atoms with E-state index < -0.39 is 11.7 Å². The first-order chi connectivity index (χ1) is 14.6. The molecule has 1 heterocycles. The summed E-state index contributed by atoms with van der Waals surface area (Å²) in [7, 11) is 0. The van der Waals surface area contributed by atoms with E-state index in [4.69, 9.17) is 0 Å². The molecule has 1 amide bonds. The third kappa shape index (κ3) is 4.77. The van der Waals surface area contributed by atoms with E-state index in [1.165, 1.54) is 23.9 Å². The lowest BCUT2D eigenvalue weighted by Crippen LogP contribution is -2.14. The molecule has 0 spiro atoms. The molecule has 0 fully saturated rings. The second kappa shape index (κ2) is 9.23. The molecule has 5 nitrogen and oxygen atoms in total. The number of rotatable bonds is 6. The second-order valence-electron chi connectivity index (χ2n) is 6.34. The Kier molecular flexibility index (Phi) is 6.25. The van der Waals surface area contributed by atoms with Crippen molar-refractivity contribution in [2.24, 2.45) is 0 Å². The van der Waals surface area contributed by atoms with Crippen molar-refractivity contribution in [3.8, 4) is 0 Å². The molecule has 8 heteroatoms. The highest BCUT2D eigenvalue weighted by Crippen LogP contribution is 2.33. The van der Waals surface area contributed by atoms with Crippen LogP contribution < -0.4 is 5.32 Å². The summed E-state index contributed by atoms with van der Waals surface area (Å²) in [5.74, 6) is -1.07. The first kappa shape index (κ1) is 20.3. The van der Waals surface area contributed by atoms with Crippen molar-refractivity contribution >= 4 is 39.3 Å². The van der Waals surface area contributed by atoms with Crippen LogP contribution in [0.25, 0.3) is 0 Å². The van der Waals surface area contributed by atoms with Gasteiger partial charge in [-0.05, 0) is 57.5 Å². The average Bonchev–Trinajstić information content (AvgIpc) is 3.09. The lowest BCUT2D eigenvalue weighted by atomic mass is 10.2. The number of para-hydroxylation sites is 1. The minimum atomic E-state index is -0.563. The fourth-order valence-electron chi connectivity index (χ4n) is 2.83. The number of aromatic nitrogens is 3. The molecule has 0 bridgehead atoms. The van der Waals surface area contributed by atoms with Crippen LogP contribution in [0.1, 0.15) is 15.9 Å². The predicted molar refractivity (Wildman–Crippen MR) is 118 cm³/mol. The number of carbonyl (C=O) groups is 1. The molecule has 0 atom stereocenters. The van der Waals surface area contributed by atoms with E-state index in [1.807, 2.05) is 48.5 Å². The molecule has 1 aromatic heterocycles. The normalized spacial score (nSPS) is 10.7. The monoisotopic (exact) mass is 482 g/mol. The number of anilines is 1. The zero-order chi connectivity index (χ0) is 20.9. The van der Waals surface area contributed by atoms with Gasteiger partial charge in [0, 0.05) is 4.90 Å². The molecule has 0 unspecified atom stereocenters. The topological polar surface area (TPSA) is 59.8 Å². The number of hydrogen-bond acceptors (Lipinski definition) is 4. The van der Waals surface area contributed by atoms with Gasteiger partial charge in [-0.3, -0.25) is 4.79 Å². The van der Waals surface area contributed by atoms with E-state index in [9.17, 15) is 9.18 Å². The first-order valence-electron chi connectivity index (χ1n) is 9.07. The zero-order valence-electron chi connectivity index (χ0n) is 15.6. The molecule has 30 heavy (non-hydrogen) atoms. The summed E-state index contributed by atoms with van der Waals surface area (Å²) in [6.45, 7) is 0.561. The fraction of sp³-hybridized carbons (Fsp3) is 0.0455.